The van der Waals surface area contributed by atoms with E-state index in [9.17, 15) is 0 Å². The van der Waals surface area contributed by atoms with Crippen molar-refractivity contribution in [2.24, 2.45) is 0 Å². The van der Waals surface area contributed by atoms with Crippen LogP contribution in [0.25, 0.3) is 0 Å². The summed E-state index contributed by atoms with van der Waals surface area (Å²) in [5.41, 5.74) is 8.55. The topological polar surface area (TPSA) is 42.1 Å². The Bertz CT molecular complexity index is 523. The van der Waals surface area contributed by atoms with Crippen LogP contribution in [0.15, 0.2) is 41.0 Å². The number of halogens is 1. The predicted molar refractivity (Wildman–Crippen MR) is 75.6 cm³/mol. The standard InChI is InChI=1S/C13H14BrN3/c1-9-7-11(15)8-16-13(9)17(2)12-5-3-10(14)4-6-12/h3-8H,15H2,1-2H3. The molecular weight excluding hydrogens is 278 g/mol. The number of aryl methyl sites for hydroxylation is 1. The smallest absolute Gasteiger partial charge is 0.135 e. The molecule has 0 aliphatic heterocycles. The first-order chi connectivity index (χ1) is 8.08. The molecule has 0 unspecified atom stereocenters. The summed E-state index contributed by atoms with van der Waals surface area (Å²) in [4.78, 5) is 6.41. The fraction of sp³-hybridized carbons (Fsp3) is 0.154. The molecule has 0 bridgehead atoms. The van der Waals surface area contributed by atoms with Crippen LogP contribution in [0, 0.1) is 6.92 Å². The van der Waals surface area contributed by atoms with Gasteiger partial charge in [0.25, 0.3) is 0 Å². The van der Waals surface area contributed by atoms with E-state index >= 15 is 0 Å². The molecule has 17 heavy (non-hydrogen) atoms. The van der Waals surface area contributed by atoms with Crippen LogP contribution in [0.1, 0.15) is 5.56 Å². The summed E-state index contributed by atoms with van der Waals surface area (Å²) in [6, 6.07) is 10.0. The number of rotatable bonds is 2. The minimum atomic E-state index is 0.690. The highest BCUT2D eigenvalue weighted by atomic mass is 79.9. The Balaban J connectivity index is 2.36. The Hall–Kier alpha value is -1.55. The molecule has 0 aliphatic rings. The molecule has 2 aromatic rings. The van der Waals surface area contributed by atoms with Crippen molar-refractivity contribution in [3.05, 3.63) is 46.6 Å². The minimum Gasteiger partial charge on any atom is -0.397 e. The SMILES string of the molecule is Cc1cc(N)cnc1N(C)c1ccc(Br)cc1. The van der Waals surface area contributed by atoms with Crippen LogP contribution in [-0.4, -0.2) is 12.0 Å². The van der Waals surface area contributed by atoms with Gasteiger partial charge in [-0.2, -0.15) is 0 Å². The average Bonchev–Trinajstić information content (AvgIpc) is 2.29. The zero-order valence-electron chi connectivity index (χ0n) is 9.81. The normalized spacial score (nSPS) is 10.3. The van der Waals surface area contributed by atoms with Crippen molar-refractivity contribution in [1.29, 1.82) is 0 Å². The molecule has 0 spiro atoms. The number of hydrogen-bond acceptors (Lipinski definition) is 3. The molecule has 0 atom stereocenters. The molecule has 0 aliphatic carbocycles. The Labute approximate surface area is 109 Å². The second-order valence-electron chi connectivity index (χ2n) is 3.94. The van der Waals surface area contributed by atoms with Crippen LogP contribution < -0.4 is 10.6 Å². The lowest BCUT2D eigenvalue weighted by Crippen LogP contribution is -2.12. The first-order valence-electron chi connectivity index (χ1n) is 5.29. The van der Waals surface area contributed by atoms with Gasteiger partial charge in [0.2, 0.25) is 0 Å². The Morgan fingerprint density at radius 1 is 1.24 bits per heavy atom. The number of hydrogen-bond donors (Lipinski definition) is 1. The summed E-state index contributed by atoms with van der Waals surface area (Å²) >= 11 is 3.42. The molecule has 3 nitrogen and oxygen atoms in total. The number of nitrogens with two attached hydrogens (primary N) is 1. The summed E-state index contributed by atoms with van der Waals surface area (Å²) in [5, 5.41) is 0. The lowest BCUT2D eigenvalue weighted by Gasteiger charge is -2.20. The molecular formula is C13H14BrN3. The van der Waals surface area contributed by atoms with Gasteiger partial charge in [-0.05, 0) is 42.8 Å². The molecule has 1 aromatic heterocycles. The van der Waals surface area contributed by atoms with Crippen LogP contribution in [0.3, 0.4) is 0 Å². The second-order valence-corrected chi connectivity index (χ2v) is 4.86. The zero-order valence-corrected chi connectivity index (χ0v) is 11.4. The van der Waals surface area contributed by atoms with Gasteiger partial charge in [-0.15, -0.1) is 0 Å². The van der Waals surface area contributed by atoms with E-state index in [0.29, 0.717) is 5.69 Å². The molecule has 2 rings (SSSR count). The van der Waals surface area contributed by atoms with Gasteiger partial charge in [0.05, 0.1) is 11.9 Å². The first-order valence-corrected chi connectivity index (χ1v) is 6.08. The number of anilines is 3. The van der Waals surface area contributed by atoms with Gasteiger partial charge in [-0.1, -0.05) is 15.9 Å². The monoisotopic (exact) mass is 291 g/mol. The Morgan fingerprint density at radius 2 is 1.88 bits per heavy atom. The third kappa shape index (κ3) is 2.58. The van der Waals surface area contributed by atoms with Crippen LogP contribution in [0.4, 0.5) is 17.2 Å². The molecule has 4 heteroatoms. The number of benzene rings is 1. The molecule has 0 saturated carbocycles. The van der Waals surface area contributed by atoms with Gasteiger partial charge in [-0.3, -0.25) is 0 Å². The van der Waals surface area contributed by atoms with E-state index in [2.05, 4.69) is 20.9 Å². The fourth-order valence-corrected chi connectivity index (χ4v) is 1.99. The van der Waals surface area contributed by atoms with E-state index in [1.165, 1.54) is 0 Å². The third-order valence-corrected chi connectivity index (χ3v) is 3.13. The van der Waals surface area contributed by atoms with Crippen LogP contribution in [-0.2, 0) is 0 Å². The quantitative estimate of drug-likeness (QED) is 0.921. The number of nitrogens with zero attached hydrogens (tertiary/aromatic N) is 2. The third-order valence-electron chi connectivity index (χ3n) is 2.60. The van der Waals surface area contributed by atoms with Gasteiger partial charge < -0.3 is 10.6 Å². The molecule has 2 N–H and O–H groups in total. The summed E-state index contributed by atoms with van der Waals surface area (Å²) in [6.45, 7) is 2.01. The van der Waals surface area contributed by atoms with Crippen molar-refractivity contribution in [2.45, 2.75) is 6.92 Å². The molecule has 0 radical (unpaired) electrons. The van der Waals surface area contributed by atoms with E-state index in [1.54, 1.807) is 6.20 Å². The maximum Gasteiger partial charge on any atom is 0.135 e. The van der Waals surface area contributed by atoms with Gasteiger partial charge in [0.15, 0.2) is 0 Å². The van der Waals surface area contributed by atoms with Gasteiger partial charge in [0, 0.05) is 17.2 Å². The highest BCUT2D eigenvalue weighted by Gasteiger charge is 2.08. The van der Waals surface area contributed by atoms with Crippen molar-refractivity contribution in [1.82, 2.24) is 4.98 Å². The van der Waals surface area contributed by atoms with E-state index in [4.69, 9.17) is 5.73 Å². The molecule has 0 saturated heterocycles. The maximum atomic E-state index is 5.70. The van der Waals surface area contributed by atoms with E-state index in [0.717, 1.165) is 21.5 Å². The van der Waals surface area contributed by atoms with Crippen molar-refractivity contribution in [3.63, 3.8) is 0 Å². The Morgan fingerprint density at radius 3 is 2.47 bits per heavy atom. The van der Waals surface area contributed by atoms with E-state index in [-0.39, 0.29) is 0 Å². The number of pyridine rings is 1. The lowest BCUT2D eigenvalue weighted by molar-refractivity contribution is 1.10. The summed E-state index contributed by atoms with van der Waals surface area (Å²) < 4.78 is 1.07. The molecule has 1 aromatic carbocycles. The highest BCUT2D eigenvalue weighted by Crippen LogP contribution is 2.26. The average molecular weight is 292 g/mol. The predicted octanol–water partition coefficient (Wildman–Crippen LogP) is 3.50. The van der Waals surface area contributed by atoms with Crippen molar-refractivity contribution < 1.29 is 0 Å². The van der Waals surface area contributed by atoms with E-state index < -0.39 is 0 Å². The van der Waals surface area contributed by atoms with Crippen molar-refractivity contribution in [3.8, 4) is 0 Å². The van der Waals surface area contributed by atoms with Gasteiger partial charge in [0.1, 0.15) is 5.82 Å². The summed E-state index contributed by atoms with van der Waals surface area (Å²) in [6.07, 6.45) is 1.68. The maximum absolute atomic E-state index is 5.70. The first kappa shape index (κ1) is 11.9. The zero-order chi connectivity index (χ0) is 12.4. The lowest BCUT2D eigenvalue weighted by atomic mass is 10.2. The molecule has 0 amide bonds. The molecule has 0 fully saturated rings. The van der Waals surface area contributed by atoms with Crippen molar-refractivity contribution >= 4 is 33.1 Å². The van der Waals surface area contributed by atoms with E-state index in [1.807, 2.05) is 49.2 Å². The molecule has 88 valence electrons. The van der Waals surface area contributed by atoms with Gasteiger partial charge >= 0.3 is 0 Å². The van der Waals surface area contributed by atoms with Crippen LogP contribution >= 0.6 is 15.9 Å². The summed E-state index contributed by atoms with van der Waals surface area (Å²) in [5.74, 6) is 0.918. The van der Waals surface area contributed by atoms with Crippen LogP contribution in [0.2, 0.25) is 0 Å². The number of nitrogen functional groups attached to an aromatic ring is 1. The molecule has 1 heterocycles. The second kappa shape index (κ2) is 4.75. The summed E-state index contributed by atoms with van der Waals surface area (Å²) in [7, 11) is 1.99. The number of aromatic nitrogens is 1. The fourth-order valence-electron chi connectivity index (χ4n) is 1.73. The highest BCUT2D eigenvalue weighted by molar-refractivity contribution is 9.10. The van der Waals surface area contributed by atoms with Gasteiger partial charge in [-0.25, -0.2) is 4.98 Å². The largest absolute Gasteiger partial charge is 0.397 e. The minimum absolute atomic E-state index is 0.690. The Kier molecular flexibility index (Phi) is 3.33. The van der Waals surface area contributed by atoms with Crippen molar-refractivity contribution in [2.75, 3.05) is 17.7 Å². The van der Waals surface area contributed by atoms with Crippen LogP contribution in [0.5, 0.6) is 0 Å².